The van der Waals surface area contributed by atoms with Crippen LogP contribution in [0.1, 0.15) is 43.0 Å². The minimum Gasteiger partial charge on any atom is -0.371 e. The number of benzene rings is 1. The molecule has 8 nitrogen and oxygen atoms in total. The first kappa shape index (κ1) is 18.2. The van der Waals surface area contributed by atoms with Gasteiger partial charge in [0.1, 0.15) is 0 Å². The average Bonchev–Trinajstić information content (AvgIpc) is 3.43. The van der Waals surface area contributed by atoms with Crippen LogP contribution in [0.2, 0.25) is 0 Å². The molecule has 1 aliphatic carbocycles. The van der Waals surface area contributed by atoms with Crippen LogP contribution in [0.4, 0.5) is 11.4 Å². The summed E-state index contributed by atoms with van der Waals surface area (Å²) in [5, 5.41) is 16.5. The molecule has 140 valence electrons. The second-order valence-electron chi connectivity index (χ2n) is 7.15. The van der Waals surface area contributed by atoms with Gasteiger partial charge in [0.25, 0.3) is 11.6 Å². The van der Waals surface area contributed by atoms with Crippen molar-refractivity contribution >= 4 is 23.2 Å². The monoisotopic (exact) mass is 360 g/mol. The van der Waals surface area contributed by atoms with Gasteiger partial charge < -0.3 is 15.5 Å². The minimum atomic E-state index is -0.515. The van der Waals surface area contributed by atoms with E-state index in [1.54, 1.807) is 6.07 Å². The predicted molar refractivity (Wildman–Crippen MR) is 97.2 cm³/mol. The highest BCUT2D eigenvalue weighted by atomic mass is 16.6. The fraction of sp³-hybridized carbons (Fsp3) is 0.556. The van der Waals surface area contributed by atoms with Crippen LogP contribution >= 0.6 is 0 Å². The second-order valence-corrected chi connectivity index (χ2v) is 7.15. The third-order valence-electron chi connectivity index (χ3n) is 4.91. The van der Waals surface area contributed by atoms with Crippen molar-refractivity contribution in [1.82, 2.24) is 10.6 Å². The number of carbonyl (C=O) groups excluding carboxylic acids is 2. The summed E-state index contributed by atoms with van der Waals surface area (Å²) in [6, 6.07) is 4.57. The van der Waals surface area contributed by atoms with Crippen LogP contribution in [-0.2, 0) is 4.79 Å². The Morgan fingerprint density at radius 3 is 2.54 bits per heavy atom. The van der Waals surface area contributed by atoms with E-state index in [1.165, 1.54) is 12.1 Å². The van der Waals surface area contributed by atoms with Crippen LogP contribution in [-0.4, -0.2) is 42.4 Å². The molecule has 1 saturated heterocycles. The zero-order valence-electron chi connectivity index (χ0n) is 14.9. The van der Waals surface area contributed by atoms with Gasteiger partial charge in [0, 0.05) is 31.3 Å². The number of hydrogen-bond donors (Lipinski definition) is 2. The van der Waals surface area contributed by atoms with Gasteiger partial charge in [0.2, 0.25) is 5.91 Å². The van der Waals surface area contributed by atoms with Gasteiger partial charge in [-0.2, -0.15) is 0 Å². The molecule has 26 heavy (non-hydrogen) atoms. The van der Waals surface area contributed by atoms with Crippen LogP contribution in [0.25, 0.3) is 0 Å². The Labute approximate surface area is 152 Å². The molecule has 0 unspecified atom stereocenters. The zero-order valence-corrected chi connectivity index (χ0v) is 14.9. The van der Waals surface area contributed by atoms with Gasteiger partial charge in [-0.1, -0.05) is 6.92 Å². The highest BCUT2D eigenvalue weighted by Gasteiger charge is 2.25. The molecule has 0 aromatic heterocycles. The normalized spacial score (nSPS) is 17.7. The van der Waals surface area contributed by atoms with E-state index in [0.717, 1.165) is 38.8 Å². The van der Waals surface area contributed by atoms with Crippen molar-refractivity contribution in [3.63, 3.8) is 0 Å². The first-order chi connectivity index (χ1) is 12.4. The predicted octanol–water partition coefficient (Wildman–Crippen LogP) is 1.84. The van der Waals surface area contributed by atoms with Crippen LogP contribution in [0.15, 0.2) is 18.2 Å². The maximum atomic E-state index is 12.6. The Morgan fingerprint density at radius 1 is 1.23 bits per heavy atom. The molecule has 1 saturated carbocycles. The number of anilines is 1. The summed E-state index contributed by atoms with van der Waals surface area (Å²) in [5.74, 6) is -0.0689. The third-order valence-corrected chi connectivity index (χ3v) is 4.91. The molecule has 0 atom stereocenters. The Hall–Kier alpha value is -2.64. The number of piperidine rings is 1. The van der Waals surface area contributed by atoms with Crippen molar-refractivity contribution in [3.05, 3.63) is 33.9 Å². The SMILES string of the molecule is CC1CCN(c2ccc([N+](=O)[O-])cc2C(=O)NCC(=O)NC2CC2)CC1. The van der Waals surface area contributed by atoms with E-state index < -0.39 is 10.8 Å². The van der Waals surface area contributed by atoms with E-state index in [1.807, 2.05) is 0 Å². The van der Waals surface area contributed by atoms with Crippen LogP contribution in [0.5, 0.6) is 0 Å². The van der Waals surface area contributed by atoms with E-state index in [4.69, 9.17) is 0 Å². The number of rotatable bonds is 6. The van der Waals surface area contributed by atoms with Crippen LogP contribution < -0.4 is 15.5 Å². The lowest BCUT2D eigenvalue weighted by Crippen LogP contribution is -2.39. The number of non-ortho nitro benzene ring substituents is 1. The molecule has 0 spiro atoms. The summed E-state index contributed by atoms with van der Waals surface area (Å²) in [7, 11) is 0. The summed E-state index contributed by atoms with van der Waals surface area (Å²) in [6.07, 6.45) is 3.98. The summed E-state index contributed by atoms with van der Waals surface area (Å²) >= 11 is 0. The largest absolute Gasteiger partial charge is 0.371 e. The average molecular weight is 360 g/mol. The van der Waals surface area contributed by atoms with Crippen molar-refractivity contribution in [2.24, 2.45) is 5.92 Å². The van der Waals surface area contributed by atoms with Crippen molar-refractivity contribution in [2.75, 3.05) is 24.5 Å². The number of nitro groups is 1. The molecule has 1 aromatic rings. The number of nitrogens with one attached hydrogen (secondary N) is 2. The summed E-state index contributed by atoms with van der Waals surface area (Å²) in [4.78, 5) is 37.1. The summed E-state index contributed by atoms with van der Waals surface area (Å²) in [6.45, 7) is 3.68. The molecule has 2 amide bonds. The molecule has 1 heterocycles. The van der Waals surface area contributed by atoms with Crippen molar-refractivity contribution in [2.45, 2.75) is 38.6 Å². The van der Waals surface area contributed by atoms with E-state index in [0.29, 0.717) is 11.6 Å². The number of hydrogen-bond acceptors (Lipinski definition) is 5. The Balaban J connectivity index is 1.75. The van der Waals surface area contributed by atoms with Gasteiger partial charge in [0.15, 0.2) is 0 Å². The van der Waals surface area contributed by atoms with Gasteiger partial charge in [-0.15, -0.1) is 0 Å². The smallest absolute Gasteiger partial charge is 0.270 e. The van der Waals surface area contributed by atoms with Crippen molar-refractivity contribution in [1.29, 1.82) is 0 Å². The second kappa shape index (κ2) is 7.72. The molecule has 0 radical (unpaired) electrons. The molecule has 2 aliphatic rings. The zero-order chi connectivity index (χ0) is 18.7. The maximum Gasteiger partial charge on any atom is 0.270 e. The van der Waals surface area contributed by atoms with Gasteiger partial charge in [-0.25, -0.2) is 0 Å². The van der Waals surface area contributed by atoms with E-state index in [9.17, 15) is 19.7 Å². The molecule has 1 aliphatic heterocycles. The highest BCUT2D eigenvalue weighted by molar-refractivity contribution is 6.02. The molecule has 3 rings (SSSR count). The lowest BCUT2D eigenvalue weighted by molar-refractivity contribution is -0.384. The van der Waals surface area contributed by atoms with Gasteiger partial charge in [-0.05, 0) is 37.7 Å². The van der Waals surface area contributed by atoms with Crippen LogP contribution in [0, 0.1) is 16.0 Å². The van der Waals surface area contributed by atoms with Gasteiger partial charge >= 0.3 is 0 Å². The topological polar surface area (TPSA) is 105 Å². The number of nitrogens with zero attached hydrogens (tertiary/aromatic N) is 2. The minimum absolute atomic E-state index is 0.130. The van der Waals surface area contributed by atoms with E-state index in [2.05, 4.69) is 22.5 Å². The van der Waals surface area contributed by atoms with E-state index >= 15 is 0 Å². The molecular formula is C18H24N4O4. The number of amides is 2. The Morgan fingerprint density at radius 2 is 1.92 bits per heavy atom. The molecular weight excluding hydrogens is 336 g/mol. The fourth-order valence-corrected chi connectivity index (χ4v) is 3.11. The third kappa shape index (κ3) is 4.50. The summed E-state index contributed by atoms with van der Waals surface area (Å²) in [5.41, 5.74) is 0.794. The summed E-state index contributed by atoms with van der Waals surface area (Å²) < 4.78 is 0. The molecule has 1 aromatic carbocycles. The fourth-order valence-electron chi connectivity index (χ4n) is 3.11. The first-order valence-corrected chi connectivity index (χ1v) is 9.05. The Bertz CT molecular complexity index is 709. The molecule has 0 bridgehead atoms. The Kier molecular flexibility index (Phi) is 5.39. The molecule has 2 fully saturated rings. The highest BCUT2D eigenvalue weighted by Crippen LogP contribution is 2.29. The van der Waals surface area contributed by atoms with Crippen molar-refractivity contribution in [3.8, 4) is 0 Å². The molecule has 8 heteroatoms. The lowest BCUT2D eigenvalue weighted by Gasteiger charge is -2.33. The van der Waals surface area contributed by atoms with Gasteiger partial charge in [0.05, 0.1) is 22.7 Å². The maximum absolute atomic E-state index is 12.6. The van der Waals surface area contributed by atoms with Crippen LogP contribution in [0.3, 0.4) is 0 Å². The first-order valence-electron chi connectivity index (χ1n) is 9.05. The number of carbonyl (C=O) groups is 2. The molecule has 2 N–H and O–H groups in total. The lowest BCUT2D eigenvalue weighted by atomic mass is 9.98. The van der Waals surface area contributed by atoms with Gasteiger partial charge in [-0.3, -0.25) is 19.7 Å². The standard InChI is InChI=1S/C18H24N4O4/c1-12-6-8-21(9-7-12)16-5-4-14(22(25)26)10-15(16)18(24)19-11-17(23)20-13-2-3-13/h4-5,10,12-13H,2-3,6-9,11H2,1H3,(H,19,24)(H,20,23). The quantitative estimate of drug-likeness (QED) is 0.595. The van der Waals surface area contributed by atoms with Crippen molar-refractivity contribution < 1.29 is 14.5 Å². The van der Waals surface area contributed by atoms with E-state index in [-0.39, 0.29) is 29.7 Å². The number of nitro benzene ring substituents is 1.